The molecule has 0 N–H and O–H groups in total. The maximum atomic E-state index is 12.5. The zero-order valence-corrected chi connectivity index (χ0v) is 15.9. The van der Waals surface area contributed by atoms with Crippen LogP contribution in [0, 0.1) is 0 Å². The minimum atomic E-state index is -0.225. The second kappa shape index (κ2) is 8.13. The monoisotopic (exact) mass is 365 g/mol. The van der Waals surface area contributed by atoms with Crippen LogP contribution in [0.25, 0.3) is 0 Å². The fraction of sp³-hybridized carbons (Fsp3) is 0.435. The fourth-order valence-corrected chi connectivity index (χ4v) is 4.07. The molecule has 2 aromatic carbocycles. The van der Waals surface area contributed by atoms with Gasteiger partial charge in [0.1, 0.15) is 17.6 Å². The molecule has 142 valence electrons. The summed E-state index contributed by atoms with van der Waals surface area (Å²) >= 11 is 0. The van der Waals surface area contributed by atoms with E-state index in [2.05, 4.69) is 11.9 Å². The summed E-state index contributed by atoms with van der Waals surface area (Å²) in [5.41, 5.74) is 1.68. The van der Waals surface area contributed by atoms with E-state index in [0.717, 1.165) is 17.7 Å². The van der Waals surface area contributed by atoms with Crippen LogP contribution < -0.4 is 9.47 Å². The van der Waals surface area contributed by atoms with E-state index in [1.54, 1.807) is 0 Å². The summed E-state index contributed by atoms with van der Waals surface area (Å²) in [5.74, 6) is 1.53. The molecule has 4 rings (SSSR count). The van der Waals surface area contributed by atoms with Crippen molar-refractivity contribution in [2.45, 2.75) is 44.2 Å². The Labute approximate surface area is 161 Å². The number of benzene rings is 2. The summed E-state index contributed by atoms with van der Waals surface area (Å²) in [6.45, 7) is 1.87. The minimum absolute atomic E-state index is 0.125. The zero-order chi connectivity index (χ0) is 18.6. The maximum Gasteiger partial charge on any atom is 0.170 e. The molecule has 1 fully saturated rings. The Balaban J connectivity index is 1.41. The first-order valence-corrected chi connectivity index (χ1v) is 9.92. The summed E-state index contributed by atoms with van der Waals surface area (Å²) in [5, 5.41) is 0. The molecular weight excluding hydrogens is 338 g/mol. The van der Waals surface area contributed by atoms with Gasteiger partial charge in [-0.3, -0.25) is 4.79 Å². The van der Waals surface area contributed by atoms with E-state index in [9.17, 15) is 4.79 Å². The Morgan fingerprint density at radius 1 is 1.15 bits per heavy atom. The first kappa shape index (κ1) is 18.1. The van der Waals surface area contributed by atoms with Crippen molar-refractivity contribution in [3.05, 3.63) is 59.7 Å². The Kier molecular flexibility index (Phi) is 5.44. The number of nitrogens with zero attached hydrogens (tertiary/aromatic N) is 1. The van der Waals surface area contributed by atoms with E-state index in [4.69, 9.17) is 9.47 Å². The van der Waals surface area contributed by atoms with Crippen LogP contribution in [0.5, 0.6) is 11.5 Å². The van der Waals surface area contributed by atoms with Crippen molar-refractivity contribution in [2.24, 2.45) is 0 Å². The number of carbonyl (C=O) groups is 1. The van der Waals surface area contributed by atoms with Gasteiger partial charge in [0, 0.05) is 12.1 Å². The number of ether oxygens (including phenoxy) is 2. The van der Waals surface area contributed by atoms with Crippen LogP contribution in [0.3, 0.4) is 0 Å². The lowest BCUT2D eigenvalue weighted by molar-refractivity contribution is 0.0849. The number of ketones is 1. The average Bonchev–Trinajstić information content (AvgIpc) is 2.70. The highest BCUT2D eigenvalue weighted by atomic mass is 16.5. The van der Waals surface area contributed by atoms with Gasteiger partial charge in [0.15, 0.2) is 5.78 Å². The third kappa shape index (κ3) is 4.16. The molecular formula is C23H27NO3. The van der Waals surface area contributed by atoms with Gasteiger partial charge in [-0.15, -0.1) is 0 Å². The predicted octanol–water partition coefficient (Wildman–Crippen LogP) is 4.65. The lowest BCUT2D eigenvalue weighted by Gasteiger charge is -2.32. The van der Waals surface area contributed by atoms with Crippen molar-refractivity contribution >= 4 is 5.78 Å². The molecule has 0 saturated carbocycles. The van der Waals surface area contributed by atoms with Crippen LogP contribution >= 0.6 is 0 Å². The lowest BCUT2D eigenvalue weighted by atomic mass is 9.96. The third-order valence-electron chi connectivity index (χ3n) is 5.71. The van der Waals surface area contributed by atoms with Crippen molar-refractivity contribution in [1.82, 2.24) is 4.90 Å². The van der Waals surface area contributed by atoms with E-state index in [1.807, 2.05) is 48.5 Å². The second-order valence-electron chi connectivity index (χ2n) is 7.57. The fourth-order valence-electron chi connectivity index (χ4n) is 4.07. The molecule has 27 heavy (non-hydrogen) atoms. The van der Waals surface area contributed by atoms with Crippen molar-refractivity contribution in [1.29, 1.82) is 0 Å². The highest BCUT2D eigenvalue weighted by molar-refractivity contribution is 6.00. The molecule has 2 atom stereocenters. The molecule has 1 saturated heterocycles. The first-order valence-electron chi connectivity index (χ1n) is 9.92. The second-order valence-corrected chi connectivity index (χ2v) is 7.57. The molecule has 0 bridgehead atoms. The van der Waals surface area contributed by atoms with Gasteiger partial charge in [0.05, 0.1) is 18.6 Å². The summed E-state index contributed by atoms with van der Waals surface area (Å²) < 4.78 is 12.1. The molecule has 2 aliphatic rings. The van der Waals surface area contributed by atoms with Gasteiger partial charge in [-0.1, -0.05) is 36.8 Å². The van der Waals surface area contributed by atoms with Crippen LogP contribution in [0.2, 0.25) is 0 Å². The van der Waals surface area contributed by atoms with Gasteiger partial charge in [0.25, 0.3) is 0 Å². The normalized spacial score (nSPS) is 22.8. The molecule has 0 spiro atoms. The summed E-state index contributed by atoms with van der Waals surface area (Å²) in [4.78, 5) is 14.9. The number of fused-ring (bicyclic) bond motifs is 1. The Hall–Kier alpha value is -2.33. The van der Waals surface area contributed by atoms with Gasteiger partial charge in [0.2, 0.25) is 0 Å². The topological polar surface area (TPSA) is 38.8 Å². The molecule has 0 radical (unpaired) electrons. The first-order chi connectivity index (χ1) is 13.2. The molecule has 1 unspecified atom stereocenters. The summed E-state index contributed by atoms with van der Waals surface area (Å²) in [7, 11) is 2.20. The number of likely N-dealkylation sites (tertiary alicyclic amines) is 1. The molecule has 4 nitrogen and oxygen atoms in total. The van der Waals surface area contributed by atoms with Crippen molar-refractivity contribution in [2.75, 3.05) is 20.2 Å². The molecule has 0 aromatic heterocycles. The molecule has 2 aliphatic heterocycles. The number of hydrogen-bond acceptors (Lipinski definition) is 4. The van der Waals surface area contributed by atoms with Gasteiger partial charge >= 0.3 is 0 Å². The van der Waals surface area contributed by atoms with Crippen LogP contribution in [-0.2, 0) is 0 Å². The minimum Gasteiger partial charge on any atom is -0.493 e. The lowest BCUT2D eigenvalue weighted by Crippen LogP contribution is -2.37. The molecule has 0 aliphatic carbocycles. The van der Waals surface area contributed by atoms with Crippen LogP contribution in [0.15, 0.2) is 48.5 Å². The van der Waals surface area contributed by atoms with Crippen molar-refractivity contribution in [3.8, 4) is 11.5 Å². The molecule has 0 amide bonds. The van der Waals surface area contributed by atoms with Gasteiger partial charge in [-0.2, -0.15) is 0 Å². The van der Waals surface area contributed by atoms with Crippen LogP contribution in [0.4, 0.5) is 0 Å². The quantitative estimate of drug-likeness (QED) is 0.773. The number of hydrogen-bond donors (Lipinski definition) is 0. The zero-order valence-electron chi connectivity index (χ0n) is 15.9. The maximum absolute atomic E-state index is 12.5. The molecule has 2 heterocycles. The third-order valence-corrected chi connectivity index (χ3v) is 5.71. The number of Topliss-reactive ketones (excluding diaryl/α,β-unsaturated/α-hetero) is 1. The Morgan fingerprint density at radius 3 is 2.81 bits per heavy atom. The Morgan fingerprint density at radius 2 is 2.00 bits per heavy atom. The van der Waals surface area contributed by atoms with Crippen LogP contribution in [-0.4, -0.2) is 36.9 Å². The molecule has 2 aromatic rings. The predicted molar refractivity (Wildman–Crippen MR) is 106 cm³/mol. The van der Waals surface area contributed by atoms with E-state index in [0.29, 0.717) is 30.4 Å². The number of piperidine rings is 1. The van der Waals surface area contributed by atoms with E-state index < -0.39 is 0 Å². The highest BCUT2D eigenvalue weighted by Crippen LogP contribution is 2.37. The van der Waals surface area contributed by atoms with Gasteiger partial charge in [-0.05, 0) is 50.6 Å². The average molecular weight is 365 g/mol. The summed E-state index contributed by atoms with van der Waals surface area (Å²) in [6.07, 6.45) is 5.04. The Bertz CT molecular complexity index is 789. The van der Waals surface area contributed by atoms with Crippen molar-refractivity contribution in [3.63, 3.8) is 0 Å². The molecule has 4 heteroatoms. The van der Waals surface area contributed by atoms with E-state index in [1.165, 1.54) is 25.8 Å². The highest BCUT2D eigenvalue weighted by Gasteiger charge is 2.28. The van der Waals surface area contributed by atoms with Gasteiger partial charge < -0.3 is 14.4 Å². The largest absolute Gasteiger partial charge is 0.493 e. The standard InChI is InChI=1S/C23H27NO3/c1-24-13-6-5-9-18(24)12-14-26-19-10-11-20-21(25)16-22(27-23(20)15-19)17-7-3-2-4-8-17/h2-4,7-8,10-11,15,18,22H,5-6,9,12-14,16H2,1H3/t18?,22-/m1/s1. The van der Waals surface area contributed by atoms with Gasteiger partial charge in [-0.25, -0.2) is 0 Å². The number of carbonyl (C=O) groups excluding carboxylic acids is 1. The SMILES string of the molecule is CN1CCCCC1CCOc1ccc2c(c1)O[C@@H](c1ccccc1)CC2=O. The van der Waals surface area contributed by atoms with Crippen molar-refractivity contribution < 1.29 is 14.3 Å². The summed E-state index contributed by atoms with van der Waals surface area (Å²) in [6, 6.07) is 16.1. The number of rotatable bonds is 5. The van der Waals surface area contributed by atoms with E-state index in [-0.39, 0.29) is 11.9 Å². The van der Waals surface area contributed by atoms with Crippen LogP contribution in [0.1, 0.15) is 54.1 Å². The van der Waals surface area contributed by atoms with E-state index >= 15 is 0 Å². The smallest absolute Gasteiger partial charge is 0.170 e.